The van der Waals surface area contributed by atoms with E-state index in [0.717, 1.165) is 6.92 Å². The molecule has 166 valence electrons. The maximum atomic E-state index is 12.0. The van der Waals surface area contributed by atoms with Crippen LogP contribution in [0.3, 0.4) is 0 Å². The second-order valence-electron chi connectivity index (χ2n) is 7.34. The first-order valence-electron chi connectivity index (χ1n) is 9.98. The number of hydrogen-bond donors (Lipinski definition) is 0. The third-order valence-corrected chi connectivity index (χ3v) is 2.30. The Kier molecular flexibility index (Phi) is 29.5. The van der Waals surface area contributed by atoms with Gasteiger partial charge in [0.2, 0.25) is 5.92 Å². The second-order valence-corrected chi connectivity index (χ2v) is 7.34. The van der Waals surface area contributed by atoms with Crippen LogP contribution < -0.4 is 0 Å². The van der Waals surface area contributed by atoms with Crippen LogP contribution in [0, 0.1) is 11.3 Å². The highest BCUT2D eigenvalue weighted by atomic mass is 19.4. The molecule has 0 aliphatic rings. The van der Waals surface area contributed by atoms with Crippen molar-refractivity contribution in [3.05, 3.63) is 0 Å². The van der Waals surface area contributed by atoms with Crippen LogP contribution in [0.15, 0.2) is 0 Å². The summed E-state index contributed by atoms with van der Waals surface area (Å²) in [5.74, 6) is -2.39. The first-order valence-corrected chi connectivity index (χ1v) is 9.98. The van der Waals surface area contributed by atoms with Crippen molar-refractivity contribution in [1.82, 2.24) is 0 Å². The van der Waals surface area contributed by atoms with Gasteiger partial charge in [0, 0.05) is 12.8 Å². The van der Waals surface area contributed by atoms with E-state index < -0.39 is 18.5 Å². The van der Waals surface area contributed by atoms with E-state index in [0.29, 0.717) is 5.41 Å². The normalized spacial score (nSPS) is 10.8. The molecule has 0 aromatic carbocycles. The minimum atomic E-state index is -3.95. The van der Waals surface area contributed by atoms with Gasteiger partial charge in [-0.25, -0.2) is 8.78 Å². The molecule has 0 unspecified atom stereocenters. The Morgan fingerprint density at radius 2 is 0.962 bits per heavy atom. The molecule has 0 aromatic heterocycles. The van der Waals surface area contributed by atoms with Crippen LogP contribution in [0.2, 0.25) is 0 Å². The Bertz CT molecular complexity index is 216. The molecule has 0 aliphatic heterocycles. The lowest BCUT2D eigenvalue weighted by molar-refractivity contribution is -0.134. The third-order valence-electron chi connectivity index (χ3n) is 2.30. The molecule has 0 amide bonds. The summed E-state index contributed by atoms with van der Waals surface area (Å²) in [4.78, 5) is 0. The summed E-state index contributed by atoms with van der Waals surface area (Å²) in [6.07, 6.45) is -1.78. The highest BCUT2D eigenvalue weighted by Gasteiger charge is 2.24. The van der Waals surface area contributed by atoms with Gasteiger partial charge in [0.15, 0.2) is 0 Å². The van der Waals surface area contributed by atoms with Crippen molar-refractivity contribution < 1.29 is 22.0 Å². The zero-order valence-electron chi connectivity index (χ0n) is 19.5. The summed E-state index contributed by atoms with van der Waals surface area (Å²) in [5.41, 5.74) is 0.550. The SMILES string of the molecule is CC.CC.CC(C)CC(C)(F)F.CCCC(C)(C)C.CCCC(F)(F)F. The van der Waals surface area contributed by atoms with E-state index in [2.05, 4.69) is 27.7 Å². The molecular weight excluding hydrogens is 347 g/mol. The average Bonchev–Trinajstić information content (AvgIpc) is 2.39. The number of rotatable bonds is 4. The smallest absolute Gasteiger partial charge is 0.207 e. The molecule has 0 radical (unpaired) electrons. The molecule has 0 bridgehead atoms. The molecule has 0 aromatic rings. The van der Waals surface area contributed by atoms with E-state index in [1.54, 1.807) is 13.8 Å². The molecule has 0 spiro atoms. The Labute approximate surface area is 161 Å². The lowest BCUT2D eigenvalue weighted by atomic mass is 9.91. The van der Waals surface area contributed by atoms with Gasteiger partial charge in [0.25, 0.3) is 0 Å². The minimum Gasteiger partial charge on any atom is -0.207 e. The first-order chi connectivity index (χ1) is 11.5. The highest BCUT2D eigenvalue weighted by Crippen LogP contribution is 2.21. The van der Waals surface area contributed by atoms with Gasteiger partial charge >= 0.3 is 6.18 Å². The lowest BCUT2D eigenvalue weighted by Gasteiger charge is -2.15. The fraction of sp³-hybridized carbons (Fsp3) is 1.00. The first kappa shape index (κ1) is 36.5. The van der Waals surface area contributed by atoms with Crippen molar-refractivity contribution >= 4 is 0 Å². The predicted octanol–water partition coefficient (Wildman–Crippen LogP) is 9.92. The Morgan fingerprint density at radius 3 is 0.962 bits per heavy atom. The van der Waals surface area contributed by atoms with Gasteiger partial charge < -0.3 is 0 Å². The molecule has 0 atom stereocenters. The summed E-state index contributed by atoms with van der Waals surface area (Å²) in [6.45, 7) is 23.1. The predicted molar refractivity (Wildman–Crippen MR) is 108 cm³/mol. The van der Waals surface area contributed by atoms with Crippen LogP contribution in [-0.4, -0.2) is 12.1 Å². The summed E-state index contributed by atoms with van der Waals surface area (Å²) >= 11 is 0. The Hall–Kier alpha value is -0.350. The molecule has 0 saturated heterocycles. The van der Waals surface area contributed by atoms with Crippen LogP contribution in [0.1, 0.15) is 115 Å². The summed E-state index contributed by atoms with van der Waals surface area (Å²) in [5, 5.41) is 0. The van der Waals surface area contributed by atoms with E-state index >= 15 is 0 Å². The Morgan fingerprint density at radius 1 is 0.654 bits per heavy atom. The zero-order chi connectivity index (χ0) is 22.6. The third kappa shape index (κ3) is 75.8. The quantitative estimate of drug-likeness (QED) is 0.416. The van der Waals surface area contributed by atoms with Crippen molar-refractivity contribution in [3.63, 3.8) is 0 Å². The van der Waals surface area contributed by atoms with Crippen molar-refractivity contribution in [2.45, 2.75) is 127 Å². The van der Waals surface area contributed by atoms with Crippen molar-refractivity contribution in [2.24, 2.45) is 11.3 Å². The summed E-state index contributed by atoms with van der Waals surface area (Å²) in [7, 11) is 0. The van der Waals surface area contributed by atoms with E-state index in [-0.39, 0.29) is 18.8 Å². The number of halogens is 5. The van der Waals surface area contributed by atoms with E-state index in [4.69, 9.17) is 0 Å². The van der Waals surface area contributed by atoms with Gasteiger partial charge in [0.1, 0.15) is 0 Å². The van der Waals surface area contributed by atoms with Crippen molar-refractivity contribution in [1.29, 1.82) is 0 Å². The van der Waals surface area contributed by atoms with Crippen LogP contribution in [-0.2, 0) is 0 Å². The average molecular weight is 395 g/mol. The molecule has 5 heteroatoms. The van der Waals surface area contributed by atoms with Crippen LogP contribution in [0.5, 0.6) is 0 Å². The molecule has 0 saturated carbocycles. The summed E-state index contributed by atoms with van der Waals surface area (Å²) < 4.78 is 57.1. The van der Waals surface area contributed by atoms with Gasteiger partial charge in [-0.05, 0) is 31.1 Å². The Balaban J connectivity index is -0.0000000773. The molecule has 0 heterocycles. The zero-order valence-corrected chi connectivity index (χ0v) is 19.5. The lowest BCUT2D eigenvalue weighted by Crippen LogP contribution is -2.12. The molecule has 0 nitrogen and oxygen atoms in total. The fourth-order valence-electron chi connectivity index (χ4n) is 1.75. The standard InChI is InChI=1S/C7H16.C6H12F2.C4H7F3.2C2H6/c1-5-6-7(2,3)4;1-5(2)4-6(3,7)8;1-2-3-4(5,6)7;2*1-2/h5-6H2,1-4H3;5H,4H2,1-3H3;2-3H2,1H3;2*1-2H3. The maximum absolute atomic E-state index is 12.0. The van der Waals surface area contributed by atoms with E-state index in [1.807, 2.05) is 27.7 Å². The van der Waals surface area contributed by atoms with Gasteiger partial charge in [-0.3, -0.25) is 0 Å². The van der Waals surface area contributed by atoms with Gasteiger partial charge in [0.05, 0.1) is 0 Å². The monoisotopic (exact) mass is 394 g/mol. The van der Waals surface area contributed by atoms with Crippen LogP contribution in [0.4, 0.5) is 22.0 Å². The molecule has 0 N–H and O–H groups in total. The largest absolute Gasteiger partial charge is 0.389 e. The maximum Gasteiger partial charge on any atom is 0.389 e. The van der Waals surface area contributed by atoms with Gasteiger partial charge in [-0.1, -0.05) is 82.6 Å². The molecular formula is C21H47F5. The topological polar surface area (TPSA) is 0 Å². The highest BCUT2D eigenvalue weighted by molar-refractivity contribution is 4.59. The van der Waals surface area contributed by atoms with Crippen LogP contribution >= 0.6 is 0 Å². The van der Waals surface area contributed by atoms with E-state index in [9.17, 15) is 22.0 Å². The second kappa shape index (κ2) is 21.0. The molecule has 26 heavy (non-hydrogen) atoms. The molecule has 0 aliphatic carbocycles. The van der Waals surface area contributed by atoms with Crippen molar-refractivity contribution in [2.75, 3.05) is 0 Å². The van der Waals surface area contributed by atoms with Gasteiger partial charge in [-0.2, -0.15) is 13.2 Å². The number of alkyl halides is 5. The molecule has 0 rings (SSSR count). The van der Waals surface area contributed by atoms with E-state index in [1.165, 1.54) is 19.8 Å². The minimum absolute atomic E-state index is 0.00694. The van der Waals surface area contributed by atoms with Crippen molar-refractivity contribution in [3.8, 4) is 0 Å². The molecule has 0 fully saturated rings. The van der Waals surface area contributed by atoms with Crippen LogP contribution in [0.25, 0.3) is 0 Å². The summed E-state index contributed by atoms with van der Waals surface area (Å²) in [6, 6.07) is 0. The van der Waals surface area contributed by atoms with Gasteiger partial charge in [-0.15, -0.1) is 0 Å². The fourth-order valence-corrected chi connectivity index (χ4v) is 1.75. The number of hydrogen-bond acceptors (Lipinski definition) is 0.